The van der Waals surface area contributed by atoms with Crippen LogP contribution in [-0.2, 0) is 19.6 Å². The fourth-order valence-corrected chi connectivity index (χ4v) is 5.20. The second kappa shape index (κ2) is 11.7. The van der Waals surface area contributed by atoms with Crippen LogP contribution in [0.4, 0.5) is 11.4 Å². The number of benzene rings is 2. The summed E-state index contributed by atoms with van der Waals surface area (Å²) in [4.78, 5) is 24.4. The van der Waals surface area contributed by atoms with Gasteiger partial charge in [0, 0.05) is 17.8 Å². The molecule has 34 heavy (non-hydrogen) atoms. The predicted molar refractivity (Wildman–Crippen MR) is 130 cm³/mol. The van der Waals surface area contributed by atoms with Crippen LogP contribution >= 0.6 is 0 Å². The van der Waals surface area contributed by atoms with E-state index in [2.05, 4.69) is 15.4 Å². The summed E-state index contributed by atoms with van der Waals surface area (Å²) in [5, 5.41) is 5.27. The number of sulfonamides is 1. The van der Waals surface area contributed by atoms with Crippen molar-refractivity contribution >= 4 is 33.2 Å². The van der Waals surface area contributed by atoms with Gasteiger partial charge in [-0.2, -0.15) is 0 Å². The minimum Gasteiger partial charge on any atom is -0.497 e. The van der Waals surface area contributed by atoms with Gasteiger partial charge in [0.05, 0.1) is 20.8 Å². The van der Waals surface area contributed by atoms with Crippen molar-refractivity contribution in [3.05, 3.63) is 42.5 Å². The first-order chi connectivity index (χ1) is 16.3. The third-order valence-corrected chi connectivity index (χ3v) is 7.13. The molecule has 0 unspecified atom stereocenters. The smallest absolute Gasteiger partial charge is 0.265 e. The highest BCUT2D eigenvalue weighted by Crippen LogP contribution is 2.29. The number of nitrogens with one attached hydrogen (secondary N) is 3. The van der Waals surface area contributed by atoms with Gasteiger partial charge in [-0.15, -0.1) is 0 Å². The molecule has 9 nitrogen and oxygen atoms in total. The molecule has 1 aliphatic rings. The molecule has 2 aromatic rings. The Labute approximate surface area is 200 Å². The summed E-state index contributed by atoms with van der Waals surface area (Å²) in [6.07, 6.45) is 6.04. The van der Waals surface area contributed by atoms with Crippen LogP contribution in [0.5, 0.6) is 11.5 Å². The van der Waals surface area contributed by atoms with Gasteiger partial charge in [-0.1, -0.05) is 19.3 Å². The number of amides is 2. The van der Waals surface area contributed by atoms with Crippen molar-refractivity contribution in [2.24, 2.45) is 5.92 Å². The van der Waals surface area contributed by atoms with Crippen LogP contribution in [0.15, 0.2) is 47.4 Å². The van der Waals surface area contributed by atoms with E-state index in [9.17, 15) is 18.0 Å². The highest BCUT2D eigenvalue weighted by atomic mass is 32.2. The van der Waals surface area contributed by atoms with Crippen molar-refractivity contribution in [2.75, 3.05) is 30.8 Å². The Bertz CT molecular complexity index is 1100. The van der Waals surface area contributed by atoms with Gasteiger partial charge in [0.2, 0.25) is 11.8 Å². The van der Waals surface area contributed by atoms with Crippen molar-refractivity contribution in [3.8, 4) is 11.5 Å². The highest BCUT2D eigenvalue weighted by molar-refractivity contribution is 7.92. The first-order valence-corrected chi connectivity index (χ1v) is 12.7. The number of methoxy groups -OCH3 is 2. The number of rotatable bonds is 10. The van der Waals surface area contributed by atoms with Crippen LogP contribution in [0.2, 0.25) is 0 Å². The molecule has 0 saturated heterocycles. The van der Waals surface area contributed by atoms with Crippen LogP contribution in [0.25, 0.3) is 0 Å². The number of carbonyl (C=O) groups is 2. The van der Waals surface area contributed by atoms with E-state index in [4.69, 9.17) is 9.47 Å². The van der Waals surface area contributed by atoms with Crippen molar-refractivity contribution in [3.63, 3.8) is 0 Å². The third kappa shape index (κ3) is 7.11. The molecule has 1 fully saturated rings. The maximum absolute atomic E-state index is 13.0. The van der Waals surface area contributed by atoms with Gasteiger partial charge >= 0.3 is 0 Å². The van der Waals surface area contributed by atoms with Crippen LogP contribution in [-0.4, -0.2) is 41.0 Å². The van der Waals surface area contributed by atoms with E-state index in [0.717, 1.165) is 25.7 Å². The largest absolute Gasteiger partial charge is 0.497 e. The van der Waals surface area contributed by atoms with Crippen LogP contribution in [0, 0.1) is 5.92 Å². The Morgan fingerprint density at radius 3 is 2.24 bits per heavy atom. The van der Waals surface area contributed by atoms with Crippen molar-refractivity contribution in [1.82, 2.24) is 5.32 Å². The summed E-state index contributed by atoms with van der Waals surface area (Å²) < 4.78 is 38.7. The van der Waals surface area contributed by atoms with Crippen molar-refractivity contribution < 1.29 is 27.5 Å². The molecule has 0 aliphatic heterocycles. The van der Waals surface area contributed by atoms with E-state index in [1.807, 2.05) is 0 Å². The monoisotopic (exact) mass is 489 g/mol. The zero-order valence-corrected chi connectivity index (χ0v) is 20.2. The Balaban J connectivity index is 1.63. The summed E-state index contributed by atoms with van der Waals surface area (Å²) >= 11 is 0. The van der Waals surface area contributed by atoms with E-state index in [1.165, 1.54) is 38.8 Å². The SMILES string of the molecule is COc1ccc(NS(=O)(=O)c2cc(NC(=O)CNC(=O)CC3CCCCC3)ccc2OC)cc1. The fraction of sp³-hybridized carbons (Fsp3) is 0.417. The van der Waals surface area contributed by atoms with Gasteiger partial charge in [0.25, 0.3) is 10.0 Å². The lowest BCUT2D eigenvalue weighted by Crippen LogP contribution is -2.34. The average Bonchev–Trinajstić information content (AvgIpc) is 2.83. The summed E-state index contributed by atoms with van der Waals surface area (Å²) in [5.74, 6) is 0.498. The molecule has 2 amide bonds. The molecule has 0 bridgehead atoms. The fourth-order valence-electron chi connectivity index (χ4n) is 3.94. The zero-order valence-electron chi connectivity index (χ0n) is 19.4. The van der Waals surface area contributed by atoms with Gasteiger partial charge in [0.1, 0.15) is 16.4 Å². The first kappa shape index (κ1) is 25.4. The topological polar surface area (TPSA) is 123 Å². The molecular weight excluding hydrogens is 458 g/mol. The molecular formula is C24H31N3O6S. The number of anilines is 2. The maximum Gasteiger partial charge on any atom is 0.265 e. The Morgan fingerprint density at radius 2 is 1.59 bits per heavy atom. The predicted octanol–water partition coefficient (Wildman–Crippen LogP) is 3.53. The molecule has 3 rings (SSSR count). The van der Waals surface area contributed by atoms with Crippen molar-refractivity contribution in [2.45, 2.75) is 43.4 Å². The molecule has 0 aromatic heterocycles. The lowest BCUT2D eigenvalue weighted by atomic mass is 9.87. The summed E-state index contributed by atoms with van der Waals surface area (Å²) in [7, 11) is -1.13. The van der Waals surface area contributed by atoms with Gasteiger partial charge in [-0.3, -0.25) is 14.3 Å². The zero-order chi connectivity index (χ0) is 24.6. The molecule has 0 radical (unpaired) electrons. The van der Waals surface area contributed by atoms with E-state index in [0.29, 0.717) is 23.8 Å². The molecule has 184 valence electrons. The number of ether oxygens (including phenoxy) is 2. The molecule has 3 N–H and O–H groups in total. The quantitative estimate of drug-likeness (QED) is 0.469. The normalized spacial score (nSPS) is 14.2. The minimum atomic E-state index is -4.01. The molecule has 1 aliphatic carbocycles. The molecule has 0 spiro atoms. The van der Waals surface area contributed by atoms with Crippen LogP contribution in [0.3, 0.4) is 0 Å². The molecule has 1 saturated carbocycles. The number of carbonyl (C=O) groups excluding carboxylic acids is 2. The number of hydrogen-bond acceptors (Lipinski definition) is 6. The second-order valence-corrected chi connectivity index (χ2v) is 9.88. The third-order valence-electron chi connectivity index (χ3n) is 5.72. The van der Waals surface area contributed by atoms with Gasteiger partial charge in [-0.25, -0.2) is 8.42 Å². The summed E-state index contributed by atoms with van der Waals surface area (Å²) in [6, 6.07) is 10.7. The van der Waals surface area contributed by atoms with E-state index in [-0.39, 0.29) is 28.8 Å². The molecule has 0 heterocycles. The molecule has 0 atom stereocenters. The van der Waals surface area contributed by atoms with Gasteiger partial charge in [0.15, 0.2) is 0 Å². The lowest BCUT2D eigenvalue weighted by Gasteiger charge is -2.20. The van der Waals surface area contributed by atoms with E-state index in [1.54, 1.807) is 24.3 Å². The van der Waals surface area contributed by atoms with Crippen molar-refractivity contribution in [1.29, 1.82) is 0 Å². The lowest BCUT2D eigenvalue weighted by molar-refractivity contribution is -0.125. The van der Waals surface area contributed by atoms with E-state index < -0.39 is 15.9 Å². The standard InChI is InChI=1S/C24H31N3O6S/c1-32-20-11-8-18(9-12-20)27-34(30,31)22-15-19(10-13-21(22)33-2)26-24(29)16-25-23(28)14-17-6-4-3-5-7-17/h8-13,15,17,27H,3-7,14,16H2,1-2H3,(H,25,28)(H,26,29). The Hall–Kier alpha value is -3.27. The van der Waals surface area contributed by atoms with Gasteiger partial charge < -0.3 is 20.1 Å². The van der Waals surface area contributed by atoms with Crippen LogP contribution in [0.1, 0.15) is 38.5 Å². The number of hydrogen-bond donors (Lipinski definition) is 3. The molecule has 2 aromatic carbocycles. The molecule has 10 heteroatoms. The Kier molecular flexibility index (Phi) is 8.75. The Morgan fingerprint density at radius 1 is 0.912 bits per heavy atom. The first-order valence-electron chi connectivity index (χ1n) is 11.2. The maximum atomic E-state index is 13.0. The average molecular weight is 490 g/mol. The van der Waals surface area contributed by atoms with Crippen LogP contribution < -0.4 is 24.8 Å². The van der Waals surface area contributed by atoms with E-state index >= 15 is 0 Å². The minimum absolute atomic E-state index is 0.125. The summed E-state index contributed by atoms with van der Waals surface area (Å²) in [6.45, 7) is -0.191. The second-order valence-electron chi connectivity index (χ2n) is 8.23. The highest BCUT2D eigenvalue weighted by Gasteiger charge is 2.21. The summed E-state index contributed by atoms with van der Waals surface area (Å²) in [5.41, 5.74) is 0.611. The van der Waals surface area contributed by atoms with Gasteiger partial charge in [-0.05, 0) is 61.2 Å².